The van der Waals surface area contributed by atoms with Crippen molar-refractivity contribution in [2.75, 3.05) is 20.8 Å². The van der Waals surface area contributed by atoms with Crippen molar-refractivity contribution < 1.29 is 29.0 Å². The average molecular weight is 377 g/mol. The number of hydrogen-bond donors (Lipinski definition) is 2. The van der Waals surface area contributed by atoms with Crippen molar-refractivity contribution in [3.05, 3.63) is 0 Å². The molecule has 0 saturated carbocycles. The van der Waals surface area contributed by atoms with E-state index in [-0.39, 0.29) is 19.4 Å². The van der Waals surface area contributed by atoms with Gasteiger partial charge in [0, 0.05) is 21.5 Å². The minimum Gasteiger partial charge on any atom is -0.468 e. The predicted molar refractivity (Wildman–Crippen MR) is 96.6 cm³/mol. The fourth-order valence-corrected chi connectivity index (χ4v) is 2.82. The van der Waals surface area contributed by atoms with Gasteiger partial charge in [-0.25, -0.2) is 4.79 Å². The SMILES string of the molecule is COC(=O)[C@H](N)CCC(=O)N(C)[C@H](C(=O)OCC[Si](C)(C)C)[C@@H](C)O. The number of methoxy groups -OCH3 is 1. The molecule has 0 aliphatic carbocycles. The number of nitrogens with two attached hydrogens (primary N) is 1. The monoisotopic (exact) mass is 376 g/mol. The van der Waals surface area contributed by atoms with Crippen LogP contribution in [0.4, 0.5) is 0 Å². The van der Waals surface area contributed by atoms with Gasteiger partial charge in [0.2, 0.25) is 5.91 Å². The summed E-state index contributed by atoms with van der Waals surface area (Å²) in [5.74, 6) is -1.65. The molecule has 3 atom stereocenters. The van der Waals surface area contributed by atoms with Gasteiger partial charge < -0.3 is 25.2 Å². The van der Waals surface area contributed by atoms with E-state index in [1.165, 1.54) is 21.1 Å². The lowest BCUT2D eigenvalue weighted by molar-refractivity contribution is -0.158. The van der Waals surface area contributed by atoms with Crippen LogP contribution in [0, 0.1) is 0 Å². The van der Waals surface area contributed by atoms with Crippen LogP contribution in [0.3, 0.4) is 0 Å². The molecule has 0 aliphatic heterocycles. The Kier molecular flexibility index (Phi) is 9.91. The van der Waals surface area contributed by atoms with Gasteiger partial charge in [-0.3, -0.25) is 9.59 Å². The van der Waals surface area contributed by atoms with E-state index >= 15 is 0 Å². The van der Waals surface area contributed by atoms with Crippen LogP contribution in [0.25, 0.3) is 0 Å². The summed E-state index contributed by atoms with van der Waals surface area (Å²) in [6.45, 7) is 8.18. The summed E-state index contributed by atoms with van der Waals surface area (Å²) >= 11 is 0. The first-order chi connectivity index (χ1) is 11.4. The maximum absolute atomic E-state index is 12.2. The normalized spacial score (nSPS) is 15.0. The Morgan fingerprint density at radius 1 is 1.20 bits per heavy atom. The van der Waals surface area contributed by atoms with Gasteiger partial charge in [0.25, 0.3) is 0 Å². The second kappa shape index (κ2) is 10.5. The highest BCUT2D eigenvalue weighted by Crippen LogP contribution is 2.12. The van der Waals surface area contributed by atoms with Gasteiger partial charge in [0.05, 0.1) is 19.8 Å². The molecule has 25 heavy (non-hydrogen) atoms. The van der Waals surface area contributed by atoms with Crippen LogP contribution in [0.5, 0.6) is 0 Å². The van der Waals surface area contributed by atoms with Crippen LogP contribution >= 0.6 is 0 Å². The lowest BCUT2D eigenvalue weighted by atomic mass is 10.1. The molecule has 0 saturated heterocycles. The molecule has 0 aromatic heterocycles. The summed E-state index contributed by atoms with van der Waals surface area (Å²) in [4.78, 5) is 36.9. The van der Waals surface area contributed by atoms with Crippen molar-refractivity contribution in [3.8, 4) is 0 Å². The zero-order valence-corrected chi connectivity index (χ0v) is 17.1. The van der Waals surface area contributed by atoms with Crippen LogP contribution in [-0.2, 0) is 23.9 Å². The van der Waals surface area contributed by atoms with Gasteiger partial charge in [0.15, 0.2) is 6.04 Å². The molecule has 146 valence electrons. The van der Waals surface area contributed by atoms with Crippen LogP contribution in [-0.4, -0.2) is 74.9 Å². The fraction of sp³-hybridized carbons (Fsp3) is 0.812. The van der Waals surface area contributed by atoms with Crippen LogP contribution < -0.4 is 5.73 Å². The minimum atomic E-state index is -1.35. The number of aliphatic hydroxyl groups excluding tert-OH is 1. The van der Waals surface area contributed by atoms with E-state index in [9.17, 15) is 19.5 Å². The quantitative estimate of drug-likeness (QED) is 0.417. The molecule has 0 heterocycles. The molecule has 3 N–H and O–H groups in total. The molecule has 8 nitrogen and oxygen atoms in total. The van der Waals surface area contributed by atoms with Gasteiger partial charge in [0.1, 0.15) is 6.04 Å². The van der Waals surface area contributed by atoms with E-state index in [0.717, 1.165) is 10.9 Å². The van der Waals surface area contributed by atoms with Gasteiger partial charge in [-0.2, -0.15) is 0 Å². The molecule has 0 radical (unpaired) electrons. The van der Waals surface area contributed by atoms with Gasteiger partial charge in [-0.15, -0.1) is 0 Å². The highest BCUT2D eigenvalue weighted by Gasteiger charge is 2.33. The molecule has 0 rings (SSSR count). The maximum atomic E-state index is 12.2. The molecule has 0 aromatic carbocycles. The van der Waals surface area contributed by atoms with Crippen molar-refractivity contribution in [1.29, 1.82) is 0 Å². The summed E-state index contributed by atoms with van der Waals surface area (Å²) in [6.07, 6.45) is -1.03. The molecule has 0 aromatic rings. The molecule has 1 amide bonds. The zero-order chi connectivity index (χ0) is 19.8. The van der Waals surface area contributed by atoms with E-state index in [1.807, 2.05) is 0 Å². The highest BCUT2D eigenvalue weighted by atomic mass is 28.3. The zero-order valence-electron chi connectivity index (χ0n) is 16.1. The van der Waals surface area contributed by atoms with Gasteiger partial charge in [-0.1, -0.05) is 19.6 Å². The molecule has 0 unspecified atom stereocenters. The summed E-state index contributed by atoms with van der Waals surface area (Å²) in [6, 6.07) is -1.20. The van der Waals surface area contributed by atoms with Crippen molar-refractivity contribution in [3.63, 3.8) is 0 Å². The summed E-state index contributed by atoms with van der Waals surface area (Å²) in [5, 5.41) is 9.88. The second-order valence-electron chi connectivity index (χ2n) is 7.34. The number of ether oxygens (including phenoxy) is 2. The number of carbonyl (C=O) groups is 3. The third-order valence-electron chi connectivity index (χ3n) is 3.78. The van der Waals surface area contributed by atoms with E-state index in [0.29, 0.717) is 0 Å². The molecule has 0 aliphatic rings. The van der Waals surface area contributed by atoms with E-state index in [1.54, 1.807) is 0 Å². The minimum absolute atomic E-state index is 0.0435. The molecule has 0 spiro atoms. The number of likely N-dealkylation sites (N-methyl/N-ethyl adjacent to an activating group) is 1. The Labute approximate surface area is 150 Å². The Hall–Kier alpha value is -1.45. The first-order valence-corrected chi connectivity index (χ1v) is 12.0. The van der Waals surface area contributed by atoms with Gasteiger partial charge in [-0.05, 0) is 19.4 Å². The van der Waals surface area contributed by atoms with Crippen molar-refractivity contribution in [1.82, 2.24) is 4.90 Å². The predicted octanol–water partition coefficient (Wildman–Crippen LogP) is 0.356. The van der Waals surface area contributed by atoms with Crippen molar-refractivity contribution in [2.45, 2.75) is 63.6 Å². The van der Waals surface area contributed by atoms with Crippen molar-refractivity contribution >= 4 is 25.9 Å². The maximum Gasteiger partial charge on any atom is 0.331 e. The number of nitrogens with zero attached hydrogens (tertiary/aromatic N) is 1. The average Bonchev–Trinajstić information content (AvgIpc) is 2.49. The Morgan fingerprint density at radius 3 is 2.20 bits per heavy atom. The number of carbonyl (C=O) groups excluding carboxylic acids is 3. The Bertz CT molecular complexity index is 464. The van der Waals surface area contributed by atoms with Crippen molar-refractivity contribution in [2.24, 2.45) is 5.73 Å². The number of hydrogen-bond acceptors (Lipinski definition) is 7. The van der Waals surface area contributed by atoms with Crippen LogP contribution in [0.2, 0.25) is 25.7 Å². The van der Waals surface area contributed by atoms with Crippen LogP contribution in [0.1, 0.15) is 19.8 Å². The summed E-state index contributed by atoms with van der Waals surface area (Å²) in [7, 11) is 1.29. The summed E-state index contributed by atoms with van der Waals surface area (Å²) in [5.41, 5.74) is 5.60. The van der Waals surface area contributed by atoms with E-state index in [4.69, 9.17) is 10.5 Å². The largest absolute Gasteiger partial charge is 0.468 e. The molecule has 9 heteroatoms. The number of aliphatic hydroxyl groups is 1. The fourth-order valence-electron chi connectivity index (χ4n) is 2.10. The van der Waals surface area contributed by atoms with Gasteiger partial charge >= 0.3 is 11.9 Å². The lowest BCUT2D eigenvalue weighted by Crippen LogP contribution is -2.50. The Balaban J connectivity index is 4.71. The molecule has 0 bridgehead atoms. The first kappa shape index (κ1) is 23.5. The summed E-state index contributed by atoms with van der Waals surface area (Å²) < 4.78 is 9.74. The van der Waals surface area contributed by atoms with E-state index in [2.05, 4.69) is 24.4 Å². The second-order valence-corrected chi connectivity index (χ2v) is 13.0. The molecular weight excluding hydrogens is 344 g/mol. The topological polar surface area (TPSA) is 119 Å². The molecule has 0 fully saturated rings. The Morgan fingerprint density at radius 2 is 1.76 bits per heavy atom. The van der Waals surface area contributed by atoms with E-state index < -0.39 is 44.1 Å². The number of rotatable bonds is 10. The van der Waals surface area contributed by atoms with Crippen LogP contribution in [0.15, 0.2) is 0 Å². The highest BCUT2D eigenvalue weighted by molar-refractivity contribution is 6.76. The number of amides is 1. The first-order valence-electron chi connectivity index (χ1n) is 8.34. The number of esters is 2. The standard InChI is InChI=1S/C16H32N2O6Si/c1-11(19)14(16(22)24-9-10-25(4,5)6)18(2)13(20)8-7-12(17)15(21)23-3/h11-12,14,19H,7-10,17H2,1-6H3/t11-,12-,14+/m1/s1. The third kappa shape index (κ3) is 8.99. The lowest BCUT2D eigenvalue weighted by Gasteiger charge is -2.29. The smallest absolute Gasteiger partial charge is 0.331 e. The third-order valence-corrected chi connectivity index (χ3v) is 5.48. The molecular formula is C16H32N2O6Si.